The molecular formula is C9H8N2O3S. The van der Waals surface area contributed by atoms with Gasteiger partial charge in [-0.2, -0.15) is 0 Å². The van der Waals surface area contributed by atoms with Gasteiger partial charge >= 0.3 is 5.69 Å². The molecule has 0 amide bonds. The zero-order valence-electron chi connectivity index (χ0n) is 7.73. The standard InChI is InChI=1S/C9H8N2O3S/c12-8-7-6(1-2-15-7)11(9(13)10-8)3-5-4-14-5/h1-2,5H,3-4H2,(H,10,12,13)/t5-/m1/s1. The Morgan fingerprint density at radius 3 is 3.13 bits per heavy atom. The molecule has 0 unspecified atom stereocenters. The number of fused-ring (bicyclic) bond motifs is 1. The van der Waals surface area contributed by atoms with Crippen LogP contribution >= 0.6 is 11.3 Å². The molecular weight excluding hydrogens is 216 g/mol. The van der Waals surface area contributed by atoms with E-state index in [0.717, 1.165) is 0 Å². The molecule has 1 N–H and O–H groups in total. The SMILES string of the molecule is O=c1[nH]c(=O)n(C[C@@H]2CO2)c2ccsc12. The highest BCUT2D eigenvalue weighted by atomic mass is 32.1. The van der Waals surface area contributed by atoms with E-state index in [0.29, 0.717) is 23.4 Å². The molecule has 3 heterocycles. The van der Waals surface area contributed by atoms with Gasteiger partial charge in [0.05, 0.1) is 24.8 Å². The third-order valence-corrected chi connectivity index (χ3v) is 3.30. The lowest BCUT2D eigenvalue weighted by Crippen LogP contribution is -2.30. The van der Waals surface area contributed by atoms with E-state index >= 15 is 0 Å². The second-order valence-corrected chi connectivity index (χ2v) is 4.38. The summed E-state index contributed by atoms with van der Waals surface area (Å²) in [5.41, 5.74) is 0.0311. The van der Waals surface area contributed by atoms with E-state index in [1.807, 2.05) is 5.38 Å². The van der Waals surface area contributed by atoms with E-state index in [4.69, 9.17) is 4.74 Å². The summed E-state index contributed by atoms with van der Waals surface area (Å²) < 4.78 is 7.23. The number of aromatic amines is 1. The molecule has 0 spiro atoms. The Labute approximate surface area is 87.9 Å². The predicted octanol–water partition coefficient (Wildman–Crippen LogP) is 0.150. The Morgan fingerprint density at radius 2 is 2.40 bits per heavy atom. The third kappa shape index (κ3) is 1.42. The van der Waals surface area contributed by atoms with Gasteiger partial charge in [-0.1, -0.05) is 0 Å². The van der Waals surface area contributed by atoms with Crippen molar-refractivity contribution in [3.63, 3.8) is 0 Å². The monoisotopic (exact) mass is 224 g/mol. The van der Waals surface area contributed by atoms with Crippen molar-refractivity contribution >= 4 is 21.6 Å². The Hall–Kier alpha value is -1.40. The van der Waals surface area contributed by atoms with Crippen LogP contribution in [0.1, 0.15) is 0 Å². The number of hydrogen-bond acceptors (Lipinski definition) is 4. The molecule has 3 rings (SSSR count). The van der Waals surface area contributed by atoms with Crippen LogP contribution < -0.4 is 11.2 Å². The second-order valence-electron chi connectivity index (χ2n) is 3.46. The highest BCUT2D eigenvalue weighted by molar-refractivity contribution is 7.17. The van der Waals surface area contributed by atoms with Gasteiger partial charge in [-0.25, -0.2) is 4.79 Å². The number of nitrogens with zero attached hydrogens (tertiary/aromatic N) is 1. The van der Waals surface area contributed by atoms with Crippen LogP contribution in [-0.4, -0.2) is 22.3 Å². The van der Waals surface area contributed by atoms with Crippen molar-refractivity contribution in [1.29, 1.82) is 0 Å². The zero-order valence-corrected chi connectivity index (χ0v) is 8.54. The van der Waals surface area contributed by atoms with Crippen molar-refractivity contribution in [3.8, 4) is 0 Å². The predicted molar refractivity (Wildman–Crippen MR) is 56.4 cm³/mol. The lowest BCUT2D eigenvalue weighted by molar-refractivity contribution is 0.382. The Balaban J connectivity index is 2.29. The Morgan fingerprint density at radius 1 is 1.60 bits per heavy atom. The highest BCUT2D eigenvalue weighted by Gasteiger charge is 2.24. The summed E-state index contributed by atoms with van der Waals surface area (Å²) in [4.78, 5) is 25.3. The average Bonchev–Trinajstić information content (AvgIpc) is 2.87. The van der Waals surface area contributed by atoms with Gasteiger partial charge in [0.25, 0.3) is 5.56 Å². The van der Waals surface area contributed by atoms with Crippen LogP contribution in [-0.2, 0) is 11.3 Å². The normalized spacial score (nSPS) is 19.6. The first-order chi connectivity index (χ1) is 7.25. The number of nitrogens with one attached hydrogen (secondary N) is 1. The molecule has 5 nitrogen and oxygen atoms in total. The summed E-state index contributed by atoms with van der Waals surface area (Å²) in [6, 6.07) is 1.79. The van der Waals surface area contributed by atoms with Gasteiger partial charge in [0, 0.05) is 0 Å². The minimum atomic E-state index is -0.360. The molecule has 1 aliphatic heterocycles. The fourth-order valence-electron chi connectivity index (χ4n) is 1.57. The van der Waals surface area contributed by atoms with Crippen molar-refractivity contribution < 1.29 is 4.74 Å². The van der Waals surface area contributed by atoms with Crippen LogP contribution in [0.15, 0.2) is 21.0 Å². The topological polar surface area (TPSA) is 67.4 Å². The number of rotatable bonds is 2. The van der Waals surface area contributed by atoms with Crippen LogP contribution in [0.3, 0.4) is 0 Å². The first-order valence-corrected chi connectivity index (χ1v) is 5.45. The minimum absolute atomic E-state index is 0.122. The maximum atomic E-state index is 11.6. The highest BCUT2D eigenvalue weighted by Crippen LogP contribution is 2.17. The van der Waals surface area contributed by atoms with Gasteiger partial charge < -0.3 is 4.74 Å². The molecule has 2 aromatic heterocycles. The molecule has 1 aliphatic rings. The first kappa shape index (κ1) is 8.87. The van der Waals surface area contributed by atoms with E-state index in [2.05, 4.69) is 4.98 Å². The Bertz CT molecular complexity index is 620. The number of thiophene rings is 1. The Kier molecular flexibility index (Phi) is 1.80. The number of H-pyrrole nitrogens is 1. The molecule has 78 valence electrons. The van der Waals surface area contributed by atoms with Crippen molar-refractivity contribution in [1.82, 2.24) is 9.55 Å². The molecule has 2 aromatic rings. The van der Waals surface area contributed by atoms with E-state index < -0.39 is 0 Å². The van der Waals surface area contributed by atoms with Crippen LogP contribution in [0.25, 0.3) is 10.2 Å². The molecule has 1 atom stereocenters. The van der Waals surface area contributed by atoms with Crippen LogP contribution in [0.2, 0.25) is 0 Å². The van der Waals surface area contributed by atoms with Crippen molar-refractivity contribution in [3.05, 3.63) is 32.3 Å². The van der Waals surface area contributed by atoms with Crippen LogP contribution in [0.4, 0.5) is 0 Å². The largest absolute Gasteiger partial charge is 0.371 e. The summed E-state index contributed by atoms with van der Waals surface area (Å²) in [6.45, 7) is 1.21. The fourth-order valence-corrected chi connectivity index (χ4v) is 2.36. The first-order valence-electron chi connectivity index (χ1n) is 4.57. The van der Waals surface area contributed by atoms with Gasteiger partial charge in [0.1, 0.15) is 4.70 Å². The van der Waals surface area contributed by atoms with Crippen LogP contribution in [0, 0.1) is 0 Å². The second kappa shape index (κ2) is 3.04. The molecule has 1 saturated heterocycles. The molecule has 1 fully saturated rings. The summed E-state index contributed by atoms with van der Waals surface area (Å²) in [6.07, 6.45) is 0.122. The fraction of sp³-hybridized carbons (Fsp3) is 0.333. The number of hydrogen-bond donors (Lipinski definition) is 1. The smallest absolute Gasteiger partial charge is 0.328 e. The van der Waals surface area contributed by atoms with E-state index in [9.17, 15) is 9.59 Å². The van der Waals surface area contributed by atoms with E-state index in [1.165, 1.54) is 11.3 Å². The molecule has 0 saturated carbocycles. The van der Waals surface area contributed by atoms with Gasteiger partial charge in [-0.05, 0) is 11.4 Å². The van der Waals surface area contributed by atoms with Crippen molar-refractivity contribution in [2.45, 2.75) is 12.6 Å². The number of epoxide rings is 1. The van der Waals surface area contributed by atoms with E-state index in [-0.39, 0.29) is 17.4 Å². The van der Waals surface area contributed by atoms with Gasteiger partial charge in [-0.15, -0.1) is 11.3 Å². The minimum Gasteiger partial charge on any atom is -0.371 e. The lowest BCUT2D eigenvalue weighted by atomic mass is 10.4. The third-order valence-electron chi connectivity index (χ3n) is 2.40. The van der Waals surface area contributed by atoms with Gasteiger partial charge in [0.2, 0.25) is 0 Å². The number of aromatic nitrogens is 2. The average molecular weight is 224 g/mol. The maximum absolute atomic E-state index is 11.6. The molecule has 15 heavy (non-hydrogen) atoms. The molecule has 0 aliphatic carbocycles. The van der Waals surface area contributed by atoms with Crippen LogP contribution in [0.5, 0.6) is 0 Å². The van der Waals surface area contributed by atoms with Gasteiger partial charge in [-0.3, -0.25) is 14.3 Å². The zero-order chi connectivity index (χ0) is 10.4. The summed E-state index contributed by atoms with van der Waals surface area (Å²) in [7, 11) is 0. The van der Waals surface area contributed by atoms with E-state index in [1.54, 1.807) is 10.6 Å². The summed E-state index contributed by atoms with van der Waals surface area (Å²) >= 11 is 1.34. The summed E-state index contributed by atoms with van der Waals surface area (Å²) in [5, 5.41) is 1.81. The summed E-state index contributed by atoms with van der Waals surface area (Å²) in [5.74, 6) is 0. The number of ether oxygens (including phenoxy) is 1. The molecule has 0 radical (unpaired) electrons. The van der Waals surface area contributed by atoms with Crippen molar-refractivity contribution in [2.75, 3.05) is 6.61 Å². The molecule has 0 aromatic carbocycles. The molecule has 6 heteroatoms. The molecule has 0 bridgehead atoms. The quantitative estimate of drug-likeness (QED) is 0.738. The maximum Gasteiger partial charge on any atom is 0.328 e. The van der Waals surface area contributed by atoms with Gasteiger partial charge in [0.15, 0.2) is 0 Å². The lowest BCUT2D eigenvalue weighted by Gasteiger charge is -2.03. The van der Waals surface area contributed by atoms with Crippen molar-refractivity contribution in [2.24, 2.45) is 0 Å².